The van der Waals surface area contributed by atoms with Gasteiger partial charge in [-0.2, -0.15) is 0 Å². The van der Waals surface area contributed by atoms with Crippen molar-refractivity contribution in [3.8, 4) is 0 Å². The molecule has 0 aromatic carbocycles. The zero-order valence-corrected chi connectivity index (χ0v) is 10.7. The number of hydrogen-bond acceptors (Lipinski definition) is 0. The van der Waals surface area contributed by atoms with Gasteiger partial charge in [0.25, 0.3) is 0 Å². The summed E-state index contributed by atoms with van der Waals surface area (Å²) < 4.78 is 4.56. The van der Waals surface area contributed by atoms with Gasteiger partial charge in [0.05, 0.1) is 13.1 Å². The molecule has 1 rings (SSSR count). The lowest BCUT2D eigenvalue weighted by molar-refractivity contribution is -0.696. The Labute approximate surface area is 99.7 Å². The molecule has 0 atom stereocenters. The van der Waals surface area contributed by atoms with Gasteiger partial charge in [-0.05, 0) is 19.3 Å². The number of imidazole rings is 1. The molecule has 15 heavy (non-hydrogen) atoms. The summed E-state index contributed by atoms with van der Waals surface area (Å²) in [5.74, 6) is 0. The van der Waals surface area contributed by atoms with E-state index in [-0.39, 0.29) is 12.4 Å². The van der Waals surface area contributed by atoms with Crippen LogP contribution in [0.3, 0.4) is 0 Å². The van der Waals surface area contributed by atoms with Crippen molar-refractivity contribution in [1.29, 1.82) is 0 Å². The van der Waals surface area contributed by atoms with Crippen LogP contribution in [0.1, 0.15) is 46.0 Å². The molecule has 88 valence electrons. The highest BCUT2D eigenvalue weighted by Crippen LogP contribution is 2.00. The van der Waals surface area contributed by atoms with Gasteiger partial charge in [0, 0.05) is 0 Å². The van der Waals surface area contributed by atoms with Crippen LogP contribution in [0.2, 0.25) is 0 Å². The molecular weight excluding hydrogens is 208 g/mol. The number of aryl methyl sites for hydroxylation is 2. The van der Waals surface area contributed by atoms with Gasteiger partial charge in [0.15, 0.2) is 0 Å². The highest BCUT2D eigenvalue weighted by molar-refractivity contribution is 4.65. The van der Waals surface area contributed by atoms with Crippen LogP contribution >= 0.6 is 0 Å². The average Bonchev–Trinajstić information content (AvgIpc) is 2.61. The molecule has 1 heterocycles. The molecule has 2 nitrogen and oxygen atoms in total. The number of aromatic nitrogens is 2. The molecule has 0 spiro atoms. The van der Waals surface area contributed by atoms with Crippen LogP contribution in [0.15, 0.2) is 18.7 Å². The van der Waals surface area contributed by atoms with Gasteiger partial charge >= 0.3 is 0 Å². The Balaban J connectivity index is 0.00000196. The van der Waals surface area contributed by atoms with Crippen molar-refractivity contribution in [2.45, 2.75) is 59.0 Å². The summed E-state index contributed by atoms with van der Waals surface area (Å²) in [6.45, 7) is 6.79. The van der Waals surface area contributed by atoms with Gasteiger partial charge in [-0.15, -0.1) is 0 Å². The quantitative estimate of drug-likeness (QED) is 0.452. The first-order valence-electron chi connectivity index (χ1n) is 5.91. The smallest absolute Gasteiger partial charge is 0.243 e. The SMILES string of the molecule is CCCCCCn1cc[n+](CCC)c1.[Cl-]. The van der Waals surface area contributed by atoms with Crippen LogP contribution < -0.4 is 17.0 Å². The molecular formula is C12H23ClN2. The van der Waals surface area contributed by atoms with Crippen LogP contribution in [0, 0.1) is 0 Å². The summed E-state index contributed by atoms with van der Waals surface area (Å²) in [5.41, 5.74) is 0. The topological polar surface area (TPSA) is 8.81 Å². The molecule has 0 fully saturated rings. The van der Waals surface area contributed by atoms with E-state index in [0.717, 1.165) is 6.54 Å². The zero-order chi connectivity index (χ0) is 10.2. The van der Waals surface area contributed by atoms with Gasteiger partial charge in [0.1, 0.15) is 12.4 Å². The number of unbranched alkanes of at least 4 members (excludes halogenated alkanes) is 3. The molecule has 3 heteroatoms. The van der Waals surface area contributed by atoms with Crippen molar-refractivity contribution in [3.05, 3.63) is 18.7 Å². The Kier molecular flexibility index (Phi) is 8.49. The van der Waals surface area contributed by atoms with Crippen molar-refractivity contribution in [1.82, 2.24) is 4.57 Å². The second-order valence-electron chi connectivity index (χ2n) is 3.95. The first-order chi connectivity index (χ1) is 6.86. The van der Waals surface area contributed by atoms with E-state index >= 15 is 0 Å². The molecule has 0 N–H and O–H groups in total. The third kappa shape index (κ3) is 5.83. The monoisotopic (exact) mass is 230 g/mol. The Morgan fingerprint density at radius 3 is 2.53 bits per heavy atom. The maximum atomic E-state index is 2.30. The van der Waals surface area contributed by atoms with E-state index in [9.17, 15) is 0 Å². The Bertz CT molecular complexity index is 246. The van der Waals surface area contributed by atoms with Gasteiger partial charge in [-0.25, -0.2) is 9.13 Å². The maximum Gasteiger partial charge on any atom is 0.243 e. The normalized spacial score (nSPS) is 10.0. The van der Waals surface area contributed by atoms with Crippen molar-refractivity contribution >= 4 is 0 Å². The minimum absolute atomic E-state index is 0. The number of nitrogens with zero attached hydrogens (tertiary/aromatic N) is 2. The molecule has 0 amide bonds. The van der Waals surface area contributed by atoms with Gasteiger partial charge in [-0.1, -0.05) is 26.7 Å². The standard InChI is InChI=1S/C12H23N2.ClH/c1-3-5-6-7-9-14-11-10-13(12-14)8-4-2;/h10-12H,3-9H2,1-2H3;1H/q+1;/p-1. The number of hydrogen-bond donors (Lipinski definition) is 0. The van der Waals surface area contributed by atoms with E-state index in [0.29, 0.717) is 0 Å². The van der Waals surface area contributed by atoms with Crippen LogP contribution in [0.5, 0.6) is 0 Å². The highest BCUT2D eigenvalue weighted by atomic mass is 35.5. The summed E-state index contributed by atoms with van der Waals surface area (Å²) in [7, 11) is 0. The molecule has 0 saturated heterocycles. The lowest BCUT2D eigenvalue weighted by Crippen LogP contribution is -3.00. The van der Waals surface area contributed by atoms with E-state index in [4.69, 9.17) is 0 Å². The first kappa shape index (κ1) is 14.5. The molecule has 0 aliphatic carbocycles. The molecule has 1 aromatic heterocycles. The fourth-order valence-corrected chi connectivity index (χ4v) is 1.68. The number of rotatable bonds is 7. The van der Waals surface area contributed by atoms with Crippen molar-refractivity contribution in [2.24, 2.45) is 0 Å². The molecule has 1 aromatic rings. The van der Waals surface area contributed by atoms with E-state index in [2.05, 4.69) is 41.7 Å². The van der Waals surface area contributed by atoms with E-state index < -0.39 is 0 Å². The minimum atomic E-state index is 0. The largest absolute Gasteiger partial charge is 1.00 e. The third-order valence-corrected chi connectivity index (χ3v) is 2.50. The Morgan fingerprint density at radius 1 is 1.07 bits per heavy atom. The average molecular weight is 231 g/mol. The van der Waals surface area contributed by atoms with Gasteiger partial charge in [0.2, 0.25) is 6.33 Å². The minimum Gasteiger partial charge on any atom is -1.00 e. The van der Waals surface area contributed by atoms with E-state index in [1.165, 1.54) is 38.6 Å². The predicted molar refractivity (Wildman–Crippen MR) is 59.1 cm³/mol. The van der Waals surface area contributed by atoms with E-state index in [1.807, 2.05) is 0 Å². The molecule has 0 aliphatic heterocycles. The highest BCUT2D eigenvalue weighted by Gasteiger charge is 2.01. The van der Waals surface area contributed by atoms with Crippen molar-refractivity contribution < 1.29 is 17.0 Å². The van der Waals surface area contributed by atoms with E-state index in [1.54, 1.807) is 0 Å². The second kappa shape index (κ2) is 8.78. The van der Waals surface area contributed by atoms with Crippen molar-refractivity contribution in [2.75, 3.05) is 0 Å². The van der Waals surface area contributed by atoms with Crippen LogP contribution in [0.25, 0.3) is 0 Å². The first-order valence-corrected chi connectivity index (χ1v) is 5.91. The molecule has 0 aliphatic rings. The summed E-state index contributed by atoms with van der Waals surface area (Å²) in [5, 5.41) is 0. The lowest BCUT2D eigenvalue weighted by atomic mass is 10.2. The summed E-state index contributed by atoms with van der Waals surface area (Å²) >= 11 is 0. The third-order valence-electron chi connectivity index (χ3n) is 2.50. The van der Waals surface area contributed by atoms with Crippen LogP contribution in [-0.4, -0.2) is 4.57 Å². The second-order valence-corrected chi connectivity index (χ2v) is 3.95. The zero-order valence-electron chi connectivity index (χ0n) is 9.95. The fraction of sp³-hybridized carbons (Fsp3) is 0.750. The van der Waals surface area contributed by atoms with Gasteiger partial charge < -0.3 is 12.4 Å². The van der Waals surface area contributed by atoms with Gasteiger partial charge in [-0.3, -0.25) is 0 Å². The Hall–Kier alpha value is -0.500. The molecule has 0 unspecified atom stereocenters. The molecule has 0 saturated carbocycles. The van der Waals surface area contributed by atoms with Crippen LogP contribution in [-0.2, 0) is 13.1 Å². The molecule has 0 bridgehead atoms. The Morgan fingerprint density at radius 2 is 1.87 bits per heavy atom. The maximum absolute atomic E-state index is 2.30. The fourth-order valence-electron chi connectivity index (χ4n) is 1.68. The summed E-state index contributed by atoms with van der Waals surface area (Å²) in [6.07, 6.45) is 13.2. The molecule has 0 radical (unpaired) electrons. The van der Waals surface area contributed by atoms with Crippen molar-refractivity contribution in [3.63, 3.8) is 0 Å². The predicted octanol–water partition coefficient (Wildman–Crippen LogP) is -0.230. The van der Waals surface area contributed by atoms with Crippen LogP contribution in [0.4, 0.5) is 0 Å². The summed E-state index contributed by atoms with van der Waals surface area (Å²) in [4.78, 5) is 0. The number of halogens is 1. The lowest BCUT2D eigenvalue weighted by Gasteiger charge is -1.96. The summed E-state index contributed by atoms with van der Waals surface area (Å²) in [6, 6.07) is 0.